The van der Waals surface area contributed by atoms with Crippen molar-refractivity contribution in [3.05, 3.63) is 228 Å². The second-order valence-electron chi connectivity index (χ2n) is 17.0. The molecule has 0 atom stereocenters. The summed E-state index contributed by atoms with van der Waals surface area (Å²) in [5, 5.41) is 27.3. The quantitative estimate of drug-likeness (QED) is 0.144. The molecule has 0 aliphatic heterocycles. The number of benzene rings is 8. The Morgan fingerprint density at radius 1 is 0.433 bits per heavy atom. The molecule has 8 aromatic carbocycles. The summed E-state index contributed by atoms with van der Waals surface area (Å²) in [5.74, 6) is -0.487. The highest BCUT2D eigenvalue weighted by atomic mass is 16.3. The zero-order chi connectivity index (χ0) is 39.3. The lowest BCUT2D eigenvalue weighted by Gasteiger charge is -2.43. The van der Waals surface area contributed by atoms with E-state index >= 15 is 4.79 Å². The Bertz CT molecular complexity index is 3950. The van der Waals surface area contributed by atoms with Crippen molar-refractivity contribution in [2.75, 3.05) is 0 Å². The van der Waals surface area contributed by atoms with Gasteiger partial charge in [0.1, 0.15) is 11.2 Å². The minimum atomic E-state index is -0.153. The topological polar surface area (TPSA) is 82.2 Å². The first kappa shape index (κ1) is 31.1. The van der Waals surface area contributed by atoms with Gasteiger partial charge in [-0.1, -0.05) is 109 Å². The van der Waals surface area contributed by atoms with Gasteiger partial charge in [0, 0.05) is 45.2 Å². The summed E-state index contributed by atoms with van der Waals surface area (Å²) in [7, 11) is 0. The maximum atomic E-state index is 15.2. The molecule has 0 N–H and O–H groups in total. The van der Waals surface area contributed by atoms with E-state index in [4.69, 9.17) is 4.42 Å². The number of fused-ring (bicyclic) bond motifs is 9. The molecule has 6 aliphatic rings. The van der Waals surface area contributed by atoms with Crippen LogP contribution < -0.4 is 5.43 Å². The Kier molecular flexibility index (Phi) is 5.36. The molecule has 0 saturated carbocycles. The predicted octanol–water partition coefficient (Wildman–Crippen LogP) is 11.8. The minimum Gasteiger partial charge on any atom is -0.456 e. The molecule has 11 aromatic rings. The zero-order valence-electron chi connectivity index (χ0n) is 31.7. The van der Waals surface area contributed by atoms with Crippen LogP contribution in [-0.4, -0.2) is 4.40 Å². The lowest BCUT2D eigenvalue weighted by Crippen LogP contribution is -2.28. The number of nitriles is 2. The summed E-state index contributed by atoms with van der Waals surface area (Å²) in [4.78, 5) is 15.2. The van der Waals surface area contributed by atoms with Crippen molar-refractivity contribution in [3.63, 3.8) is 0 Å². The second-order valence-corrected chi connectivity index (χ2v) is 17.0. The predicted molar refractivity (Wildman–Crippen MR) is 234 cm³/mol. The Morgan fingerprint density at radius 2 is 0.850 bits per heavy atom. The Hall–Kier alpha value is -7.99. The number of aromatic nitrogens is 1. The number of hydrogen-bond donors (Lipinski definition) is 0. The normalized spacial score (nSPS) is 18.7. The molecule has 0 fully saturated rings. The van der Waals surface area contributed by atoms with Gasteiger partial charge in [-0.2, -0.15) is 10.5 Å². The summed E-state index contributed by atoms with van der Waals surface area (Å²) in [6.07, 6.45) is 0. The Labute approximate surface area is 341 Å². The van der Waals surface area contributed by atoms with Crippen molar-refractivity contribution in [1.29, 1.82) is 10.5 Å². The summed E-state index contributed by atoms with van der Waals surface area (Å²) >= 11 is 0. The molecule has 60 heavy (non-hydrogen) atoms. The zero-order valence-corrected chi connectivity index (χ0v) is 31.7. The van der Waals surface area contributed by atoms with Gasteiger partial charge in [-0.05, 0) is 97.1 Å². The van der Waals surface area contributed by atoms with E-state index in [1.165, 1.54) is 44.5 Å². The molecule has 274 valence electrons. The first-order valence-electron chi connectivity index (χ1n) is 20.6. The maximum absolute atomic E-state index is 15.2. The third-order valence-corrected chi connectivity index (χ3v) is 14.7. The fourth-order valence-electron chi connectivity index (χ4n) is 12.8. The van der Waals surface area contributed by atoms with Crippen LogP contribution in [0.3, 0.4) is 0 Å². The molecule has 0 radical (unpaired) electrons. The summed E-state index contributed by atoms with van der Waals surface area (Å²) in [6, 6.07) is 53.8. The highest BCUT2D eigenvalue weighted by Crippen LogP contribution is 2.62. The highest BCUT2D eigenvalue weighted by Gasteiger charge is 2.47. The van der Waals surface area contributed by atoms with Crippen LogP contribution >= 0.6 is 0 Å². The van der Waals surface area contributed by atoms with Crippen LogP contribution in [0.2, 0.25) is 0 Å². The van der Waals surface area contributed by atoms with Crippen molar-refractivity contribution in [2.45, 2.75) is 23.7 Å². The summed E-state index contributed by atoms with van der Waals surface area (Å²) in [6.45, 7) is 0. The number of hydrogen-bond acceptors (Lipinski definition) is 4. The summed E-state index contributed by atoms with van der Waals surface area (Å²) < 4.78 is 9.13. The lowest BCUT2D eigenvalue weighted by molar-refractivity contribution is 0.661. The fourth-order valence-corrected chi connectivity index (χ4v) is 12.8. The van der Waals surface area contributed by atoms with Gasteiger partial charge < -0.3 is 8.82 Å². The molecular weight excluding hydrogens is 735 g/mol. The molecule has 3 aromatic heterocycles. The summed E-state index contributed by atoms with van der Waals surface area (Å²) in [5.41, 5.74) is 19.2. The lowest BCUT2D eigenvalue weighted by atomic mass is 9.59. The molecule has 0 unspecified atom stereocenters. The number of rotatable bonds is 0. The largest absolute Gasteiger partial charge is 0.456 e. The van der Waals surface area contributed by atoms with Crippen LogP contribution in [0, 0.1) is 22.7 Å². The fraction of sp³-hybridized carbons (Fsp3) is 0.0727. The van der Waals surface area contributed by atoms with Crippen molar-refractivity contribution in [3.8, 4) is 12.1 Å². The minimum absolute atomic E-state index is 0.0741. The first-order valence-corrected chi connectivity index (χ1v) is 20.6. The third-order valence-electron chi connectivity index (χ3n) is 14.7. The smallest absolute Gasteiger partial charge is 0.201 e. The molecule has 5 nitrogen and oxygen atoms in total. The van der Waals surface area contributed by atoms with Gasteiger partial charge in [0.15, 0.2) is 0 Å². The van der Waals surface area contributed by atoms with Gasteiger partial charge >= 0.3 is 0 Å². The van der Waals surface area contributed by atoms with Crippen molar-refractivity contribution >= 4 is 60.0 Å². The van der Waals surface area contributed by atoms with Crippen LogP contribution in [-0.2, 0) is 0 Å². The molecule has 0 saturated heterocycles. The van der Waals surface area contributed by atoms with Gasteiger partial charge in [-0.15, -0.1) is 0 Å². The van der Waals surface area contributed by atoms with Crippen LogP contribution in [0.15, 0.2) is 149 Å². The van der Waals surface area contributed by atoms with E-state index in [2.05, 4.69) is 132 Å². The highest BCUT2D eigenvalue weighted by molar-refractivity contribution is 6.33. The SMILES string of the molecule is N#Cc1cc2c(c3c1C1c4ccccc4C3c3ccccc31)c1cc3oc4ccccc4c(=O)c3c3c4c5c(c(C#N)cc4n2c13)C1c2ccccc2C5c2ccccc21. The van der Waals surface area contributed by atoms with Crippen LogP contribution in [0.5, 0.6) is 0 Å². The standard InChI is InChI=1S/C55H27N3O2/c56-24-26-21-38-48(51-42(26)44-28-11-1-5-15-32(28)46(51)33-16-6-2-12-29(33)44)37-23-41-50(55(59)36-19-9-10-20-40(36)60-41)53-49-39(58(38)54(37)53)22-27(25-57)43-45-30-13-3-7-17-34(30)47(52(43)49)35-18-8-4-14-31(35)45/h1-23,44-47H. The average Bonchev–Trinajstić information content (AvgIpc) is 3.82. The van der Waals surface area contributed by atoms with Crippen molar-refractivity contribution in [2.24, 2.45) is 0 Å². The van der Waals surface area contributed by atoms with E-state index in [9.17, 15) is 10.5 Å². The molecule has 6 aliphatic carbocycles. The third kappa shape index (κ3) is 3.29. The molecule has 5 heteroatoms. The van der Waals surface area contributed by atoms with Crippen molar-refractivity contribution < 1.29 is 4.42 Å². The first-order chi connectivity index (χ1) is 29.7. The molecule has 4 bridgehead atoms. The molecule has 3 heterocycles. The van der Waals surface area contributed by atoms with Gasteiger partial charge in [0.05, 0.1) is 50.6 Å². The second kappa shape index (κ2) is 10.4. The maximum Gasteiger partial charge on any atom is 0.201 e. The van der Waals surface area contributed by atoms with Gasteiger partial charge in [0.25, 0.3) is 0 Å². The average molecular weight is 762 g/mol. The van der Waals surface area contributed by atoms with E-state index in [0.29, 0.717) is 33.1 Å². The number of nitrogens with zero attached hydrogens (tertiary/aromatic N) is 3. The molecule has 17 rings (SSSR count). The van der Waals surface area contributed by atoms with Gasteiger partial charge in [0.2, 0.25) is 5.43 Å². The van der Waals surface area contributed by atoms with E-state index < -0.39 is 0 Å². The van der Waals surface area contributed by atoms with Crippen LogP contribution in [0.1, 0.15) is 102 Å². The monoisotopic (exact) mass is 761 g/mol. The van der Waals surface area contributed by atoms with Crippen LogP contribution in [0.25, 0.3) is 60.0 Å². The van der Waals surface area contributed by atoms with Crippen molar-refractivity contribution in [1.82, 2.24) is 4.40 Å². The number of para-hydroxylation sites is 1. The van der Waals surface area contributed by atoms with E-state index in [1.54, 1.807) is 0 Å². The van der Waals surface area contributed by atoms with Crippen LogP contribution in [0.4, 0.5) is 0 Å². The molecular formula is C55H27N3O2. The van der Waals surface area contributed by atoms with E-state index in [-0.39, 0.29) is 29.1 Å². The Morgan fingerprint density at radius 3 is 1.33 bits per heavy atom. The molecule has 0 amide bonds. The molecule has 0 spiro atoms. The van der Waals surface area contributed by atoms with E-state index in [1.807, 2.05) is 24.3 Å². The van der Waals surface area contributed by atoms with E-state index in [0.717, 1.165) is 60.3 Å². The van der Waals surface area contributed by atoms with Gasteiger partial charge in [-0.3, -0.25) is 4.79 Å². The van der Waals surface area contributed by atoms with Gasteiger partial charge in [-0.25, -0.2) is 0 Å². The Balaban J connectivity index is 1.21.